The van der Waals surface area contributed by atoms with Crippen LogP contribution in [0.15, 0.2) is 6.07 Å². The Bertz CT molecular complexity index is 416. The van der Waals surface area contributed by atoms with Crippen LogP contribution in [0.1, 0.15) is 17.4 Å². The third-order valence-electron chi connectivity index (χ3n) is 3.03. The second-order valence-electron chi connectivity index (χ2n) is 4.25. The van der Waals surface area contributed by atoms with Gasteiger partial charge in [0.15, 0.2) is 5.69 Å². The van der Waals surface area contributed by atoms with Gasteiger partial charge >= 0.3 is 0 Å². The second-order valence-corrected chi connectivity index (χ2v) is 4.25. The van der Waals surface area contributed by atoms with Gasteiger partial charge < -0.3 is 15.0 Å². The highest BCUT2D eigenvalue weighted by Gasteiger charge is 2.26. The third kappa shape index (κ3) is 2.26. The third-order valence-corrected chi connectivity index (χ3v) is 3.03. The molecule has 1 aliphatic rings. The van der Waals surface area contributed by atoms with Crippen molar-refractivity contribution >= 4 is 5.91 Å². The van der Waals surface area contributed by atoms with Crippen molar-refractivity contribution in [1.82, 2.24) is 20.0 Å². The smallest absolute Gasteiger partial charge is 0.274 e. The summed E-state index contributed by atoms with van der Waals surface area (Å²) in [6.07, 6.45) is 0. The number of amides is 1. The first-order valence-electron chi connectivity index (χ1n) is 5.73. The van der Waals surface area contributed by atoms with Crippen LogP contribution in [0, 0.1) is 0 Å². The van der Waals surface area contributed by atoms with Gasteiger partial charge in [-0.2, -0.15) is 5.10 Å². The summed E-state index contributed by atoms with van der Waals surface area (Å²) < 4.78 is 6.68. The van der Waals surface area contributed by atoms with E-state index in [1.165, 1.54) is 0 Å². The molecule has 1 atom stereocenters. The van der Waals surface area contributed by atoms with Gasteiger partial charge in [-0.25, -0.2) is 4.68 Å². The molecular formula is C11H18N4O2. The average Bonchev–Trinajstić information content (AvgIpc) is 2.70. The van der Waals surface area contributed by atoms with E-state index in [4.69, 9.17) is 4.74 Å². The molecule has 1 aromatic rings. The van der Waals surface area contributed by atoms with Gasteiger partial charge in [0.25, 0.3) is 5.91 Å². The molecule has 0 aromatic carbocycles. The van der Waals surface area contributed by atoms with Crippen molar-refractivity contribution in [3.05, 3.63) is 11.8 Å². The van der Waals surface area contributed by atoms with Gasteiger partial charge in [-0.1, -0.05) is 0 Å². The van der Waals surface area contributed by atoms with Crippen molar-refractivity contribution < 1.29 is 9.53 Å². The Balaban J connectivity index is 2.17. The number of aryl methyl sites for hydroxylation is 1. The molecule has 1 aromatic heterocycles. The summed E-state index contributed by atoms with van der Waals surface area (Å²) in [6, 6.07) is 1.88. The summed E-state index contributed by atoms with van der Waals surface area (Å²) >= 11 is 0. The van der Waals surface area contributed by atoms with E-state index >= 15 is 0 Å². The molecule has 0 bridgehead atoms. The largest absolute Gasteiger partial charge is 0.481 e. The minimum atomic E-state index is -0.0297. The van der Waals surface area contributed by atoms with Gasteiger partial charge in [0.05, 0.1) is 7.11 Å². The molecule has 0 unspecified atom stereocenters. The van der Waals surface area contributed by atoms with Crippen LogP contribution in [0.2, 0.25) is 0 Å². The monoisotopic (exact) mass is 238 g/mol. The highest BCUT2D eigenvalue weighted by molar-refractivity contribution is 5.93. The first kappa shape index (κ1) is 11.9. The summed E-state index contributed by atoms with van der Waals surface area (Å²) in [5, 5.41) is 7.43. The fourth-order valence-electron chi connectivity index (χ4n) is 2.04. The molecule has 1 amide bonds. The number of carbonyl (C=O) groups is 1. The zero-order chi connectivity index (χ0) is 12.4. The van der Waals surface area contributed by atoms with Crippen molar-refractivity contribution in [2.75, 3.05) is 26.7 Å². The zero-order valence-corrected chi connectivity index (χ0v) is 10.4. The van der Waals surface area contributed by atoms with Gasteiger partial charge in [-0.3, -0.25) is 4.79 Å². The summed E-state index contributed by atoms with van der Waals surface area (Å²) in [7, 11) is 3.33. The lowest BCUT2D eigenvalue weighted by Crippen LogP contribution is -2.52. The fourth-order valence-corrected chi connectivity index (χ4v) is 2.04. The number of nitrogens with one attached hydrogen (secondary N) is 1. The summed E-state index contributed by atoms with van der Waals surface area (Å²) in [4.78, 5) is 14.1. The number of ether oxygens (including phenoxy) is 1. The number of carbonyl (C=O) groups excluding carboxylic acids is 1. The van der Waals surface area contributed by atoms with E-state index < -0.39 is 0 Å². The van der Waals surface area contributed by atoms with Crippen molar-refractivity contribution in [2.24, 2.45) is 7.05 Å². The molecule has 0 saturated carbocycles. The molecule has 6 heteroatoms. The number of rotatable bonds is 2. The molecule has 1 N–H and O–H groups in total. The van der Waals surface area contributed by atoms with Crippen LogP contribution in [-0.2, 0) is 7.05 Å². The lowest BCUT2D eigenvalue weighted by Gasteiger charge is -2.33. The maximum Gasteiger partial charge on any atom is 0.274 e. The fraction of sp³-hybridized carbons (Fsp3) is 0.636. The van der Waals surface area contributed by atoms with Crippen LogP contribution in [0.3, 0.4) is 0 Å². The Labute approximate surface area is 101 Å². The minimum absolute atomic E-state index is 0.0297. The van der Waals surface area contributed by atoms with Crippen molar-refractivity contribution in [1.29, 1.82) is 0 Å². The highest BCUT2D eigenvalue weighted by Crippen LogP contribution is 2.15. The number of methoxy groups -OCH3 is 1. The number of piperazine rings is 1. The van der Waals surface area contributed by atoms with E-state index in [0.717, 1.165) is 19.6 Å². The predicted octanol–water partition coefficient (Wildman–Crippen LogP) is -0.137. The average molecular weight is 238 g/mol. The molecule has 0 aliphatic carbocycles. The van der Waals surface area contributed by atoms with Gasteiger partial charge in [0.1, 0.15) is 0 Å². The van der Waals surface area contributed by atoms with E-state index in [9.17, 15) is 4.79 Å². The zero-order valence-electron chi connectivity index (χ0n) is 10.4. The first-order chi connectivity index (χ1) is 8.13. The van der Waals surface area contributed by atoms with Crippen LogP contribution < -0.4 is 10.1 Å². The van der Waals surface area contributed by atoms with E-state index in [1.807, 2.05) is 11.8 Å². The molecule has 1 aliphatic heterocycles. The van der Waals surface area contributed by atoms with Crippen LogP contribution in [0.25, 0.3) is 0 Å². The molecule has 2 rings (SSSR count). The van der Waals surface area contributed by atoms with E-state index in [2.05, 4.69) is 10.4 Å². The molecule has 6 nitrogen and oxygen atoms in total. The van der Waals surface area contributed by atoms with E-state index in [0.29, 0.717) is 11.6 Å². The summed E-state index contributed by atoms with van der Waals surface area (Å²) in [5.74, 6) is 0.564. The Morgan fingerprint density at radius 2 is 2.41 bits per heavy atom. The predicted molar refractivity (Wildman–Crippen MR) is 63.1 cm³/mol. The van der Waals surface area contributed by atoms with Crippen LogP contribution in [-0.4, -0.2) is 53.4 Å². The van der Waals surface area contributed by atoms with Crippen LogP contribution >= 0.6 is 0 Å². The molecular weight excluding hydrogens is 220 g/mol. The molecule has 1 saturated heterocycles. The van der Waals surface area contributed by atoms with E-state index in [1.54, 1.807) is 24.9 Å². The van der Waals surface area contributed by atoms with Crippen LogP contribution in [0.5, 0.6) is 5.88 Å². The molecule has 0 spiro atoms. The quantitative estimate of drug-likeness (QED) is 0.779. The second kappa shape index (κ2) is 4.75. The highest BCUT2D eigenvalue weighted by atomic mass is 16.5. The van der Waals surface area contributed by atoms with Gasteiger partial charge in [-0.15, -0.1) is 0 Å². The topological polar surface area (TPSA) is 59.4 Å². The summed E-state index contributed by atoms with van der Waals surface area (Å²) in [6.45, 7) is 4.42. The van der Waals surface area contributed by atoms with Gasteiger partial charge in [0.2, 0.25) is 5.88 Å². The van der Waals surface area contributed by atoms with Gasteiger partial charge in [0, 0.05) is 38.8 Å². The summed E-state index contributed by atoms with van der Waals surface area (Å²) in [5.41, 5.74) is 0.443. The van der Waals surface area contributed by atoms with Gasteiger partial charge in [-0.05, 0) is 6.92 Å². The lowest BCUT2D eigenvalue weighted by atomic mass is 10.2. The maximum absolute atomic E-state index is 12.3. The molecule has 17 heavy (non-hydrogen) atoms. The Hall–Kier alpha value is -1.56. The van der Waals surface area contributed by atoms with Crippen molar-refractivity contribution in [2.45, 2.75) is 13.0 Å². The van der Waals surface area contributed by atoms with Crippen molar-refractivity contribution in [3.63, 3.8) is 0 Å². The van der Waals surface area contributed by atoms with Crippen molar-refractivity contribution in [3.8, 4) is 5.88 Å². The lowest BCUT2D eigenvalue weighted by molar-refractivity contribution is 0.0649. The molecule has 2 heterocycles. The Morgan fingerprint density at radius 1 is 1.65 bits per heavy atom. The maximum atomic E-state index is 12.3. The van der Waals surface area contributed by atoms with Crippen LogP contribution in [0.4, 0.5) is 0 Å². The molecule has 94 valence electrons. The number of aromatic nitrogens is 2. The Morgan fingerprint density at radius 3 is 3.00 bits per heavy atom. The van der Waals surface area contributed by atoms with E-state index in [-0.39, 0.29) is 11.9 Å². The number of hydrogen-bond donors (Lipinski definition) is 1. The normalized spacial score (nSPS) is 20.4. The standard InChI is InChI=1S/C11H18N4O2/c1-8-7-12-4-5-15(8)11(16)9-6-10(17-3)14(2)13-9/h6,8,12H,4-5,7H2,1-3H3/t8-/m0/s1. The minimum Gasteiger partial charge on any atom is -0.481 e. The Kier molecular flexibility index (Phi) is 3.33. The number of hydrogen-bond acceptors (Lipinski definition) is 4. The molecule has 0 radical (unpaired) electrons. The number of nitrogens with zero attached hydrogens (tertiary/aromatic N) is 3. The SMILES string of the molecule is COc1cc(C(=O)N2CCNC[C@@H]2C)nn1C. The molecule has 1 fully saturated rings. The first-order valence-corrected chi connectivity index (χ1v) is 5.73.